The Hall–Kier alpha value is -0.860. The molecule has 0 amide bonds. The molecule has 2 heteroatoms. The first-order valence-electron chi connectivity index (χ1n) is 6.11. The summed E-state index contributed by atoms with van der Waals surface area (Å²) in [6.07, 6.45) is 6.49. The quantitative estimate of drug-likeness (QED) is 0.740. The van der Waals surface area contributed by atoms with E-state index in [1.807, 2.05) is 13.0 Å². The Kier molecular flexibility index (Phi) is 4.00. The van der Waals surface area contributed by atoms with Gasteiger partial charge in [0.2, 0.25) is 0 Å². The molecule has 1 aliphatic rings. The van der Waals surface area contributed by atoms with E-state index in [1.54, 1.807) is 13.0 Å². The van der Waals surface area contributed by atoms with Crippen molar-refractivity contribution < 1.29 is 10.2 Å². The molecule has 1 rings (SSSR count). The monoisotopic (exact) mass is 236 g/mol. The Bertz CT molecular complexity index is 359. The minimum Gasteiger partial charge on any atom is -0.393 e. The zero-order valence-electron chi connectivity index (χ0n) is 11.3. The third kappa shape index (κ3) is 3.55. The number of aliphatic hydroxyl groups excluding tert-OH is 1. The molecule has 0 fully saturated rings. The van der Waals surface area contributed by atoms with Crippen LogP contribution in [0.5, 0.6) is 0 Å². The van der Waals surface area contributed by atoms with Crippen molar-refractivity contribution in [3.8, 4) is 0 Å². The normalized spacial score (nSPS) is 28.2. The second-order valence-corrected chi connectivity index (χ2v) is 5.90. The highest BCUT2D eigenvalue weighted by atomic mass is 16.3. The first-order chi connectivity index (χ1) is 7.68. The number of allylic oxidation sites excluding steroid dienone is 2. The molecule has 96 valence electrons. The molecule has 0 aromatic rings. The smallest absolute Gasteiger partial charge is 0.0981 e. The van der Waals surface area contributed by atoms with Crippen molar-refractivity contribution in [2.24, 2.45) is 5.41 Å². The molecule has 0 heterocycles. The van der Waals surface area contributed by atoms with Crippen molar-refractivity contribution in [3.63, 3.8) is 0 Å². The number of rotatable bonds is 3. The predicted octanol–water partition coefficient (Wildman–Crippen LogP) is 2.98. The van der Waals surface area contributed by atoms with Crippen LogP contribution >= 0.6 is 0 Å². The molecule has 0 aromatic carbocycles. The standard InChI is InChI=1S/C15H24O2/c1-6-15(5,17)8-7-13-11(2)9-12(16)10-14(13,3)4/h6-8,12,16-17H,1,9-10H2,2-5H3. The van der Waals surface area contributed by atoms with Gasteiger partial charge in [0.05, 0.1) is 11.7 Å². The predicted molar refractivity (Wildman–Crippen MR) is 71.7 cm³/mol. The van der Waals surface area contributed by atoms with Gasteiger partial charge in [0, 0.05) is 0 Å². The zero-order valence-corrected chi connectivity index (χ0v) is 11.3. The minimum atomic E-state index is -0.973. The highest BCUT2D eigenvalue weighted by Crippen LogP contribution is 2.41. The van der Waals surface area contributed by atoms with Crippen LogP contribution in [0, 0.1) is 5.41 Å². The van der Waals surface area contributed by atoms with Gasteiger partial charge in [-0.15, -0.1) is 0 Å². The molecule has 2 unspecified atom stereocenters. The van der Waals surface area contributed by atoms with Gasteiger partial charge in [0.1, 0.15) is 0 Å². The Morgan fingerprint density at radius 1 is 1.47 bits per heavy atom. The Morgan fingerprint density at radius 3 is 2.53 bits per heavy atom. The van der Waals surface area contributed by atoms with Crippen molar-refractivity contribution in [2.75, 3.05) is 0 Å². The molecule has 0 aliphatic heterocycles. The van der Waals surface area contributed by atoms with Crippen molar-refractivity contribution in [2.45, 2.75) is 52.2 Å². The molecular formula is C15H24O2. The largest absolute Gasteiger partial charge is 0.393 e. The summed E-state index contributed by atoms with van der Waals surface area (Å²) in [5, 5.41) is 19.7. The number of hydrogen-bond acceptors (Lipinski definition) is 2. The first kappa shape index (κ1) is 14.2. The third-order valence-electron chi connectivity index (χ3n) is 3.48. The van der Waals surface area contributed by atoms with Gasteiger partial charge in [0.15, 0.2) is 0 Å². The average Bonchev–Trinajstić information content (AvgIpc) is 2.14. The van der Waals surface area contributed by atoms with Gasteiger partial charge in [-0.1, -0.05) is 38.2 Å². The fourth-order valence-corrected chi connectivity index (χ4v) is 2.50. The van der Waals surface area contributed by atoms with Crippen LogP contribution in [0.25, 0.3) is 0 Å². The maximum Gasteiger partial charge on any atom is 0.0981 e. The second kappa shape index (κ2) is 4.79. The van der Waals surface area contributed by atoms with E-state index in [1.165, 1.54) is 17.2 Å². The van der Waals surface area contributed by atoms with Gasteiger partial charge in [0.25, 0.3) is 0 Å². The fourth-order valence-electron chi connectivity index (χ4n) is 2.50. The van der Waals surface area contributed by atoms with Gasteiger partial charge in [-0.25, -0.2) is 0 Å². The van der Waals surface area contributed by atoms with Crippen molar-refractivity contribution >= 4 is 0 Å². The molecule has 0 spiro atoms. The summed E-state index contributed by atoms with van der Waals surface area (Å²) in [5.74, 6) is 0. The topological polar surface area (TPSA) is 40.5 Å². The SMILES string of the molecule is C=CC(C)(O)C=CC1=C(C)CC(O)CC1(C)C. The van der Waals surface area contributed by atoms with E-state index >= 15 is 0 Å². The lowest BCUT2D eigenvalue weighted by atomic mass is 9.71. The zero-order chi connectivity index (χ0) is 13.3. The van der Waals surface area contributed by atoms with Gasteiger partial charge in [-0.2, -0.15) is 0 Å². The van der Waals surface area contributed by atoms with Crippen molar-refractivity contribution in [1.29, 1.82) is 0 Å². The summed E-state index contributed by atoms with van der Waals surface area (Å²) in [6, 6.07) is 0. The van der Waals surface area contributed by atoms with Crippen LogP contribution in [0.3, 0.4) is 0 Å². The molecule has 0 aromatic heterocycles. The molecule has 0 radical (unpaired) electrons. The maximum atomic E-state index is 9.89. The highest BCUT2D eigenvalue weighted by molar-refractivity contribution is 5.35. The van der Waals surface area contributed by atoms with Gasteiger partial charge >= 0.3 is 0 Å². The van der Waals surface area contributed by atoms with Crippen molar-refractivity contribution in [1.82, 2.24) is 0 Å². The summed E-state index contributed by atoms with van der Waals surface area (Å²) in [6.45, 7) is 11.6. The van der Waals surface area contributed by atoms with Crippen LogP contribution in [0.2, 0.25) is 0 Å². The van der Waals surface area contributed by atoms with Crippen LogP contribution in [-0.2, 0) is 0 Å². The summed E-state index contributed by atoms with van der Waals surface area (Å²) in [7, 11) is 0. The van der Waals surface area contributed by atoms with E-state index in [9.17, 15) is 10.2 Å². The second-order valence-electron chi connectivity index (χ2n) is 5.90. The maximum absolute atomic E-state index is 9.89. The van der Waals surface area contributed by atoms with E-state index in [0.29, 0.717) is 0 Å². The van der Waals surface area contributed by atoms with E-state index in [-0.39, 0.29) is 11.5 Å². The molecular weight excluding hydrogens is 212 g/mol. The Balaban J connectivity index is 3.03. The van der Waals surface area contributed by atoms with Crippen LogP contribution in [0.1, 0.15) is 40.5 Å². The molecule has 2 nitrogen and oxygen atoms in total. The fraction of sp³-hybridized carbons (Fsp3) is 0.600. The molecule has 0 bridgehead atoms. The van der Waals surface area contributed by atoms with Gasteiger partial charge < -0.3 is 10.2 Å². The summed E-state index contributed by atoms with van der Waals surface area (Å²) < 4.78 is 0. The summed E-state index contributed by atoms with van der Waals surface area (Å²) in [5.41, 5.74) is 1.39. The molecule has 2 N–H and O–H groups in total. The van der Waals surface area contributed by atoms with E-state index in [0.717, 1.165) is 12.8 Å². The number of hydrogen-bond donors (Lipinski definition) is 2. The minimum absolute atomic E-state index is 0.0461. The Labute approximate surface area is 104 Å². The van der Waals surface area contributed by atoms with Crippen LogP contribution in [0.15, 0.2) is 36.0 Å². The lowest BCUT2D eigenvalue weighted by Gasteiger charge is -2.36. The highest BCUT2D eigenvalue weighted by Gasteiger charge is 2.31. The first-order valence-corrected chi connectivity index (χ1v) is 6.11. The lowest BCUT2D eigenvalue weighted by Crippen LogP contribution is -2.28. The van der Waals surface area contributed by atoms with Crippen LogP contribution in [0.4, 0.5) is 0 Å². The molecule has 0 saturated carbocycles. The van der Waals surface area contributed by atoms with Crippen LogP contribution < -0.4 is 0 Å². The van der Waals surface area contributed by atoms with E-state index in [4.69, 9.17) is 0 Å². The van der Waals surface area contributed by atoms with Gasteiger partial charge in [-0.3, -0.25) is 0 Å². The molecule has 17 heavy (non-hydrogen) atoms. The Morgan fingerprint density at radius 2 is 2.06 bits per heavy atom. The number of aliphatic hydroxyl groups is 2. The van der Waals surface area contributed by atoms with E-state index < -0.39 is 5.60 Å². The molecule has 2 atom stereocenters. The third-order valence-corrected chi connectivity index (χ3v) is 3.48. The average molecular weight is 236 g/mol. The molecule has 0 saturated heterocycles. The summed E-state index contributed by atoms with van der Waals surface area (Å²) >= 11 is 0. The summed E-state index contributed by atoms with van der Waals surface area (Å²) in [4.78, 5) is 0. The lowest BCUT2D eigenvalue weighted by molar-refractivity contribution is 0.116. The molecule has 1 aliphatic carbocycles. The van der Waals surface area contributed by atoms with Crippen LogP contribution in [-0.4, -0.2) is 21.9 Å². The van der Waals surface area contributed by atoms with Crippen molar-refractivity contribution in [3.05, 3.63) is 36.0 Å². The van der Waals surface area contributed by atoms with E-state index in [2.05, 4.69) is 20.4 Å². The van der Waals surface area contributed by atoms with Gasteiger partial charge in [-0.05, 0) is 43.8 Å².